The molecular formula is C20H16N4O6S2. The SMILES string of the molecule is O=S(=O)(O)c1ccc(Nc2nc3ccccc3nc2Nc2ccc(S(=O)(=O)O)cc2)cc1. The topological polar surface area (TPSA) is 159 Å². The standard InChI is InChI=1S/C20H16N4O6S2/c25-31(26,27)15-9-5-13(6-10-15)21-19-20(24-18-4-2-1-3-17(18)23-19)22-14-7-11-16(12-8-14)32(28,29)30/h1-12H,(H,21,23)(H,22,24)(H,25,26,27)(H,28,29,30). The van der Waals surface area contributed by atoms with Crippen molar-refractivity contribution >= 4 is 54.3 Å². The molecular weight excluding hydrogens is 456 g/mol. The second kappa shape index (κ2) is 8.16. The molecule has 1 heterocycles. The lowest BCUT2D eigenvalue weighted by molar-refractivity contribution is 0.481. The number of aromatic nitrogens is 2. The van der Waals surface area contributed by atoms with Gasteiger partial charge in [0.2, 0.25) is 0 Å². The zero-order chi connectivity index (χ0) is 22.9. The summed E-state index contributed by atoms with van der Waals surface area (Å²) in [5.74, 6) is 0.643. The fraction of sp³-hybridized carbons (Fsp3) is 0. The van der Waals surface area contributed by atoms with Crippen molar-refractivity contribution in [2.75, 3.05) is 10.6 Å². The molecule has 4 N–H and O–H groups in total. The first-order valence-electron chi connectivity index (χ1n) is 9.05. The molecule has 0 aliphatic rings. The van der Waals surface area contributed by atoms with Crippen LogP contribution in [0.4, 0.5) is 23.0 Å². The molecule has 0 saturated heterocycles. The molecule has 0 bridgehead atoms. The minimum atomic E-state index is -4.31. The van der Waals surface area contributed by atoms with Gasteiger partial charge in [0.25, 0.3) is 20.2 Å². The van der Waals surface area contributed by atoms with Gasteiger partial charge in [-0.25, -0.2) is 9.97 Å². The molecule has 4 aromatic rings. The summed E-state index contributed by atoms with van der Waals surface area (Å²) in [4.78, 5) is 8.62. The van der Waals surface area contributed by atoms with Gasteiger partial charge in [0.1, 0.15) is 0 Å². The molecule has 164 valence electrons. The van der Waals surface area contributed by atoms with Crippen molar-refractivity contribution < 1.29 is 25.9 Å². The van der Waals surface area contributed by atoms with Gasteiger partial charge in [-0.15, -0.1) is 0 Å². The van der Waals surface area contributed by atoms with Crippen molar-refractivity contribution in [1.29, 1.82) is 0 Å². The van der Waals surface area contributed by atoms with Crippen LogP contribution in [0, 0.1) is 0 Å². The molecule has 0 aliphatic carbocycles. The van der Waals surface area contributed by atoms with Gasteiger partial charge < -0.3 is 10.6 Å². The normalized spacial score (nSPS) is 11.9. The minimum Gasteiger partial charge on any atom is -0.337 e. The summed E-state index contributed by atoms with van der Waals surface area (Å²) in [7, 11) is -8.63. The van der Waals surface area contributed by atoms with Gasteiger partial charge in [0.05, 0.1) is 20.8 Å². The van der Waals surface area contributed by atoms with E-state index in [1.54, 1.807) is 12.1 Å². The smallest absolute Gasteiger partial charge is 0.294 e. The number of benzene rings is 3. The Kier molecular flexibility index (Phi) is 5.52. The molecule has 0 amide bonds. The highest BCUT2D eigenvalue weighted by atomic mass is 32.2. The van der Waals surface area contributed by atoms with Crippen LogP contribution in [0.5, 0.6) is 0 Å². The van der Waals surface area contributed by atoms with Crippen molar-refractivity contribution in [2.24, 2.45) is 0 Å². The number of para-hydroxylation sites is 2. The highest BCUT2D eigenvalue weighted by Crippen LogP contribution is 2.28. The van der Waals surface area contributed by atoms with Crippen LogP contribution in [-0.2, 0) is 20.2 Å². The first kappa shape index (κ1) is 21.6. The highest BCUT2D eigenvalue weighted by molar-refractivity contribution is 7.86. The molecule has 0 saturated carbocycles. The van der Waals surface area contributed by atoms with Crippen LogP contribution >= 0.6 is 0 Å². The predicted octanol–water partition coefficient (Wildman–Crippen LogP) is 3.61. The largest absolute Gasteiger partial charge is 0.337 e. The molecule has 3 aromatic carbocycles. The first-order valence-corrected chi connectivity index (χ1v) is 11.9. The molecule has 10 nitrogen and oxygen atoms in total. The second-order valence-corrected chi connectivity index (χ2v) is 9.50. The summed E-state index contributed by atoms with van der Waals surface area (Å²) >= 11 is 0. The van der Waals surface area contributed by atoms with Gasteiger partial charge in [-0.05, 0) is 60.7 Å². The third-order valence-corrected chi connectivity index (χ3v) is 6.14. The van der Waals surface area contributed by atoms with Crippen molar-refractivity contribution in [2.45, 2.75) is 9.79 Å². The van der Waals surface area contributed by atoms with E-state index in [-0.39, 0.29) is 9.79 Å². The summed E-state index contributed by atoms with van der Waals surface area (Å²) in [6.07, 6.45) is 0. The molecule has 4 rings (SSSR count). The third-order valence-electron chi connectivity index (χ3n) is 4.40. The van der Waals surface area contributed by atoms with Crippen LogP contribution in [-0.4, -0.2) is 35.9 Å². The molecule has 12 heteroatoms. The Hall–Kier alpha value is -3.58. The van der Waals surface area contributed by atoms with Crippen molar-refractivity contribution in [1.82, 2.24) is 9.97 Å². The number of rotatable bonds is 6. The predicted molar refractivity (Wildman–Crippen MR) is 119 cm³/mol. The molecule has 0 radical (unpaired) electrons. The van der Waals surface area contributed by atoms with Gasteiger partial charge in [-0.1, -0.05) is 12.1 Å². The summed E-state index contributed by atoms with van der Waals surface area (Å²) in [5.41, 5.74) is 2.20. The van der Waals surface area contributed by atoms with Gasteiger partial charge in [-0.2, -0.15) is 16.8 Å². The Labute approximate surface area is 183 Å². The van der Waals surface area contributed by atoms with Gasteiger partial charge in [0.15, 0.2) is 11.6 Å². The van der Waals surface area contributed by atoms with E-state index in [9.17, 15) is 16.8 Å². The van der Waals surface area contributed by atoms with E-state index in [1.807, 2.05) is 12.1 Å². The average Bonchev–Trinajstić information content (AvgIpc) is 2.73. The van der Waals surface area contributed by atoms with Crippen LogP contribution in [0.2, 0.25) is 0 Å². The number of anilines is 4. The molecule has 0 fully saturated rings. The van der Waals surface area contributed by atoms with Gasteiger partial charge in [0, 0.05) is 11.4 Å². The maximum Gasteiger partial charge on any atom is 0.294 e. The molecule has 0 unspecified atom stereocenters. The number of nitrogens with one attached hydrogen (secondary N) is 2. The van der Waals surface area contributed by atoms with E-state index < -0.39 is 20.2 Å². The van der Waals surface area contributed by atoms with E-state index in [0.29, 0.717) is 34.0 Å². The van der Waals surface area contributed by atoms with Crippen molar-refractivity contribution in [3.8, 4) is 0 Å². The van der Waals surface area contributed by atoms with E-state index in [0.717, 1.165) is 0 Å². The summed E-state index contributed by atoms with van der Waals surface area (Å²) in [5, 5.41) is 6.10. The summed E-state index contributed by atoms with van der Waals surface area (Å²) < 4.78 is 63.2. The fourth-order valence-electron chi connectivity index (χ4n) is 2.87. The van der Waals surface area contributed by atoms with Crippen LogP contribution in [0.1, 0.15) is 0 Å². The van der Waals surface area contributed by atoms with Gasteiger partial charge >= 0.3 is 0 Å². The van der Waals surface area contributed by atoms with Crippen LogP contribution in [0.15, 0.2) is 82.6 Å². The Morgan fingerprint density at radius 1 is 0.562 bits per heavy atom. The van der Waals surface area contributed by atoms with Crippen LogP contribution in [0.25, 0.3) is 11.0 Å². The maximum atomic E-state index is 11.2. The molecule has 1 aromatic heterocycles. The number of fused-ring (bicyclic) bond motifs is 1. The fourth-order valence-corrected chi connectivity index (χ4v) is 3.83. The van der Waals surface area contributed by atoms with Crippen molar-refractivity contribution in [3.05, 3.63) is 72.8 Å². The lowest BCUT2D eigenvalue weighted by atomic mass is 10.3. The Bertz CT molecular complexity index is 1390. The van der Waals surface area contributed by atoms with Crippen LogP contribution < -0.4 is 10.6 Å². The lowest BCUT2D eigenvalue weighted by Crippen LogP contribution is -2.04. The highest BCUT2D eigenvalue weighted by Gasteiger charge is 2.13. The quantitative estimate of drug-likeness (QED) is 0.305. The monoisotopic (exact) mass is 472 g/mol. The Balaban J connectivity index is 1.70. The number of hydrogen-bond donors (Lipinski definition) is 4. The van der Waals surface area contributed by atoms with E-state index >= 15 is 0 Å². The summed E-state index contributed by atoms with van der Waals surface area (Å²) in [6.45, 7) is 0. The second-order valence-electron chi connectivity index (χ2n) is 6.66. The first-order chi connectivity index (χ1) is 15.1. The van der Waals surface area contributed by atoms with E-state index in [2.05, 4.69) is 20.6 Å². The Morgan fingerprint density at radius 2 is 0.906 bits per heavy atom. The van der Waals surface area contributed by atoms with E-state index in [4.69, 9.17) is 9.11 Å². The zero-order valence-corrected chi connectivity index (χ0v) is 17.8. The van der Waals surface area contributed by atoms with Crippen molar-refractivity contribution in [3.63, 3.8) is 0 Å². The molecule has 0 aliphatic heterocycles. The Morgan fingerprint density at radius 3 is 1.22 bits per heavy atom. The molecule has 0 spiro atoms. The van der Waals surface area contributed by atoms with Crippen LogP contribution in [0.3, 0.4) is 0 Å². The molecule has 32 heavy (non-hydrogen) atoms. The third kappa shape index (κ3) is 4.84. The summed E-state index contributed by atoms with van der Waals surface area (Å²) in [6, 6.07) is 18.0. The molecule has 0 atom stereocenters. The average molecular weight is 473 g/mol. The van der Waals surface area contributed by atoms with E-state index in [1.165, 1.54) is 48.5 Å². The lowest BCUT2D eigenvalue weighted by Gasteiger charge is -2.14. The number of hydrogen-bond acceptors (Lipinski definition) is 8. The number of nitrogens with zero attached hydrogens (tertiary/aromatic N) is 2. The zero-order valence-electron chi connectivity index (χ0n) is 16.2. The minimum absolute atomic E-state index is 0.245. The van der Waals surface area contributed by atoms with Gasteiger partial charge in [-0.3, -0.25) is 9.11 Å². The maximum absolute atomic E-state index is 11.2.